The molecule has 0 N–H and O–H groups in total. The van der Waals surface area contributed by atoms with Gasteiger partial charge in [0.15, 0.2) is 0 Å². The number of hydrogen-bond donors (Lipinski definition) is 0. The van der Waals surface area contributed by atoms with Crippen LogP contribution in [0.2, 0.25) is 19.6 Å². The Bertz CT molecular complexity index is 407. The largest absolute Gasteiger partial charge is 0.207 e. The van der Waals surface area contributed by atoms with E-state index in [1.807, 2.05) is 0 Å². The summed E-state index contributed by atoms with van der Waals surface area (Å²) in [4.78, 5) is 0. The van der Waals surface area contributed by atoms with Crippen LogP contribution in [-0.2, 0) is 0 Å². The molecule has 1 aromatic carbocycles. The molecule has 0 bridgehead atoms. The van der Waals surface area contributed by atoms with Crippen molar-refractivity contribution >= 4 is 13.3 Å². The molecule has 15 heavy (non-hydrogen) atoms. The van der Waals surface area contributed by atoms with E-state index in [-0.39, 0.29) is 5.82 Å². The van der Waals surface area contributed by atoms with E-state index in [1.165, 1.54) is 12.1 Å². The zero-order valence-corrected chi connectivity index (χ0v) is 10.2. The molecule has 0 spiro atoms. The standard InChI is InChI=1S/C12H14FNSi/c1-15(2,3)12(8-9-14)10-4-6-11(13)7-5-10/h4-8H,1-3H3/b12-8-. The molecule has 1 rings (SSSR count). The molecule has 0 saturated carbocycles. The summed E-state index contributed by atoms with van der Waals surface area (Å²) in [6, 6.07) is 8.39. The molecule has 0 aliphatic carbocycles. The highest BCUT2D eigenvalue weighted by atomic mass is 28.3. The molecular weight excluding hydrogens is 205 g/mol. The third-order valence-corrected chi connectivity index (χ3v) is 4.22. The van der Waals surface area contributed by atoms with Crippen LogP contribution in [-0.4, -0.2) is 8.07 Å². The van der Waals surface area contributed by atoms with E-state index in [9.17, 15) is 4.39 Å². The summed E-state index contributed by atoms with van der Waals surface area (Å²) in [6.07, 6.45) is 1.58. The Hall–Kier alpha value is -1.40. The fraction of sp³-hybridized carbons (Fsp3) is 0.250. The van der Waals surface area contributed by atoms with Crippen LogP contribution in [0.1, 0.15) is 5.56 Å². The molecule has 1 nitrogen and oxygen atoms in total. The lowest BCUT2D eigenvalue weighted by Gasteiger charge is -2.20. The van der Waals surface area contributed by atoms with Crippen LogP contribution in [0.25, 0.3) is 5.20 Å². The molecule has 0 atom stereocenters. The molecule has 0 saturated heterocycles. The van der Waals surface area contributed by atoms with Gasteiger partial charge < -0.3 is 0 Å². The highest BCUT2D eigenvalue weighted by Gasteiger charge is 2.20. The number of allylic oxidation sites excluding steroid dienone is 1. The number of nitriles is 1. The fourth-order valence-corrected chi connectivity index (χ4v) is 2.96. The highest BCUT2D eigenvalue weighted by molar-refractivity contribution is 6.93. The Kier molecular flexibility index (Phi) is 3.43. The lowest BCUT2D eigenvalue weighted by atomic mass is 10.2. The van der Waals surface area contributed by atoms with Gasteiger partial charge in [-0.2, -0.15) is 5.26 Å². The van der Waals surface area contributed by atoms with Gasteiger partial charge in [0.2, 0.25) is 0 Å². The van der Waals surface area contributed by atoms with Crippen LogP contribution in [0.5, 0.6) is 0 Å². The fourth-order valence-electron chi connectivity index (χ4n) is 1.43. The molecule has 0 amide bonds. The Morgan fingerprint density at radius 1 is 1.27 bits per heavy atom. The van der Waals surface area contributed by atoms with Crippen LogP contribution in [0.15, 0.2) is 30.3 Å². The summed E-state index contributed by atoms with van der Waals surface area (Å²) in [5, 5.41) is 9.80. The maximum absolute atomic E-state index is 12.8. The number of halogens is 1. The lowest BCUT2D eigenvalue weighted by molar-refractivity contribution is 0.627. The minimum atomic E-state index is -1.55. The summed E-state index contributed by atoms with van der Waals surface area (Å²) in [7, 11) is -1.55. The Labute approximate surface area is 90.9 Å². The zero-order chi connectivity index (χ0) is 11.5. The van der Waals surface area contributed by atoms with Crippen molar-refractivity contribution in [1.82, 2.24) is 0 Å². The van der Waals surface area contributed by atoms with Crippen molar-refractivity contribution in [1.29, 1.82) is 5.26 Å². The van der Waals surface area contributed by atoms with Crippen molar-refractivity contribution in [3.05, 3.63) is 41.7 Å². The van der Waals surface area contributed by atoms with Crippen molar-refractivity contribution in [2.45, 2.75) is 19.6 Å². The molecular formula is C12H14FNSi. The van der Waals surface area contributed by atoms with Crippen LogP contribution < -0.4 is 0 Å². The molecule has 0 aromatic heterocycles. The van der Waals surface area contributed by atoms with Gasteiger partial charge in [-0.3, -0.25) is 0 Å². The Balaban J connectivity index is 3.19. The van der Waals surface area contributed by atoms with Crippen molar-refractivity contribution in [3.8, 4) is 6.07 Å². The Morgan fingerprint density at radius 2 is 1.80 bits per heavy atom. The van der Waals surface area contributed by atoms with E-state index in [4.69, 9.17) is 5.26 Å². The molecule has 0 aliphatic heterocycles. The second-order valence-electron chi connectivity index (χ2n) is 4.44. The quantitative estimate of drug-likeness (QED) is 0.550. The summed E-state index contributed by atoms with van der Waals surface area (Å²) >= 11 is 0. The van der Waals surface area contributed by atoms with Gasteiger partial charge in [-0.25, -0.2) is 4.39 Å². The van der Waals surface area contributed by atoms with E-state index >= 15 is 0 Å². The normalized spacial score (nSPS) is 12.3. The molecule has 0 heterocycles. The summed E-state index contributed by atoms with van der Waals surface area (Å²) < 4.78 is 12.8. The highest BCUT2D eigenvalue weighted by Crippen LogP contribution is 2.25. The first-order valence-electron chi connectivity index (χ1n) is 4.81. The smallest absolute Gasteiger partial charge is 0.123 e. The average molecular weight is 219 g/mol. The second kappa shape index (κ2) is 4.41. The third-order valence-electron chi connectivity index (χ3n) is 2.17. The van der Waals surface area contributed by atoms with Crippen LogP contribution >= 0.6 is 0 Å². The Morgan fingerprint density at radius 3 is 2.20 bits per heavy atom. The number of hydrogen-bond acceptors (Lipinski definition) is 1. The van der Waals surface area contributed by atoms with E-state index in [2.05, 4.69) is 25.7 Å². The van der Waals surface area contributed by atoms with Crippen molar-refractivity contribution in [2.24, 2.45) is 0 Å². The lowest BCUT2D eigenvalue weighted by Crippen LogP contribution is -2.22. The molecule has 3 heteroatoms. The topological polar surface area (TPSA) is 23.8 Å². The molecule has 0 radical (unpaired) electrons. The van der Waals surface area contributed by atoms with Crippen LogP contribution in [0.3, 0.4) is 0 Å². The van der Waals surface area contributed by atoms with E-state index in [1.54, 1.807) is 18.2 Å². The van der Waals surface area contributed by atoms with Crippen molar-refractivity contribution in [2.75, 3.05) is 0 Å². The van der Waals surface area contributed by atoms with Crippen molar-refractivity contribution in [3.63, 3.8) is 0 Å². The SMILES string of the molecule is C[Si](C)(C)/C(=C\C#N)c1ccc(F)cc1. The van der Waals surface area contributed by atoms with Gasteiger partial charge in [-0.1, -0.05) is 31.8 Å². The van der Waals surface area contributed by atoms with Gasteiger partial charge in [-0.15, -0.1) is 0 Å². The predicted molar refractivity (Wildman–Crippen MR) is 63.3 cm³/mol. The van der Waals surface area contributed by atoms with E-state index in [0.29, 0.717) is 0 Å². The first-order chi connectivity index (χ1) is 6.95. The molecule has 1 aromatic rings. The zero-order valence-electron chi connectivity index (χ0n) is 9.21. The summed E-state index contributed by atoms with van der Waals surface area (Å²) in [5.74, 6) is -0.245. The second-order valence-corrected chi connectivity index (χ2v) is 9.48. The summed E-state index contributed by atoms with van der Waals surface area (Å²) in [5.41, 5.74) is 0.956. The van der Waals surface area contributed by atoms with Gasteiger partial charge in [-0.05, 0) is 22.9 Å². The minimum Gasteiger partial charge on any atom is -0.207 e. The van der Waals surface area contributed by atoms with Gasteiger partial charge in [0.1, 0.15) is 5.82 Å². The average Bonchev–Trinajstić information content (AvgIpc) is 2.14. The van der Waals surface area contributed by atoms with E-state index in [0.717, 1.165) is 10.8 Å². The first-order valence-corrected chi connectivity index (χ1v) is 8.31. The van der Waals surface area contributed by atoms with Crippen molar-refractivity contribution < 1.29 is 4.39 Å². The molecule has 0 unspecified atom stereocenters. The maximum Gasteiger partial charge on any atom is 0.123 e. The molecule has 0 aliphatic rings. The van der Waals surface area contributed by atoms with Gasteiger partial charge in [0.05, 0.1) is 14.1 Å². The third kappa shape index (κ3) is 3.03. The van der Waals surface area contributed by atoms with Crippen LogP contribution in [0.4, 0.5) is 4.39 Å². The van der Waals surface area contributed by atoms with Gasteiger partial charge in [0.25, 0.3) is 0 Å². The minimum absolute atomic E-state index is 0.245. The number of benzene rings is 1. The molecule has 78 valence electrons. The number of rotatable bonds is 2. The van der Waals surface area contributed by atoms with Crippen LogP contribution in [0, 0.1) is 17.1 Å². The number of nitrogens with zero attached hydrogens (tertiary/aromatic N) is 1. The van der Waals surface area contributed by atoms with Gasteiger partial charge in [0, 0.05) is 6.08 Å². The maximum atomic E-state index is 12.8. The van der Waals surface area contributed by atoms with E-state index < -0.39 is 8.07 Å². The predicted octanol–water partition coefficient (Wildman–Crippen LogP) is 3.61. The molecule has 0 fully saturated rings. The summed E-state index contributed by atoms with van der Waals surface area (Å²) in [6.45, 7) is 6.50. The monoisotopic (exact) mass is 219 g/mol. The van der Waals surface area contributed by atoms with Gasteiger partial charge >= 0.3 is 0 Å². The first kappa shape index (κ1) is 11.7.